The van der Waals surface area contributed by atoms with E-state index >= 15 is 0 Å². The van der Waals surface area contributed by atoms with E-state index in [2.05, 4.69) is 23.0 Å². The molecule has 0 saturated carbocycles. The highest BCUT2D eigenvalue weighted by molar-refractivity contribution is 5.74. The summed E-state index contributed by atoms with van der Waals surface area (Å²) in [6.07, 6.45) is 5.84. The van der Waals surface area contributed by atoms with Crippen LogP contribution in [-0.2, 0) is 6.42 Å². The lowest BCUT2D eigenvalue weighted by molar-refractivity contribution is 0.370. The van der Waals surface area contributed by atoms with Crippen molar-refractivity contribution in [3.05, 3.63) is 60.0 Å². The molecule has 3 nitrogen and oxygen atoms in total. The predicted molar refractivity (Wildman–Crippen MR) is 77.6 cm³/mol. The summed E-state index contributed by atoms with van der Waals surface area (Å²) in [6.45, 7) is 0.247. The minimum absolute atomic E-state index is 0.247. The molecule has 1 heterocycles. The smallest absolute Gasteiger partial charge is 0.199 e. The van der Waals surface area contributed by atoms with E-state index in [0.717, 1.165) is 5.52 Å². The minimum atomic E-state index is 0.247. The summed E-state index contributed by atoms with van der Waals surface area (Å²) in [5, 5.41) is 0. The van der Waals surface area contributed by atoms with Crippen molar-refractivity contribution in [3.8, 4) is 18.1 Å². The summed E-state index contributed by atoms with van der Waals surface area (Å²) in [5.41, 5.74) is 2.71. The molecule has 0 amide bonds. The summed E-state index contributed by atoms with van der Waals surface area (Å²) < 4.78 is 11.1. The van der Waals surface area contributed by atoms with E-state index in [1.807, 2.05) is 36.4 Å². The van der Waals surface area contributed by atoms with Gasteiger partial charge in [0.15, 0.2) is 11.5 Å². The van der Waals surface area contributed by atoms with Gasteiger partial charge in [-0.3, -0.25) is 0 Å². The zero-order chi connectivity index (χ0) is 13.8. The molecule has 0 saturated heterocycles. The third kappa shape index (κ3) is 2.65. The average molecular weight is 263 g/mol. The van der Waals surface area contributed by atoms with Gasteiger partial charge in [-0.25, -0.2) is 4.98 Å². The Kier molecular flexibility index (Phi) is 3.38. The molecule has 3 rings (SSSR count). The van der Waals surface area contributed by atoms with Crippen molar-refractivity contribution >= 4 is 11.1 Å². The first-order chi connectivity index (χ1) is 9.85. The Balaban J connectivity index is 1.85. The van der Waals surface area contributed by atoms with Gasteiger partial charge in [-0.15, -0.1) is 6.42 Å². The molecule has 0 N–H and O–H groups in total. The van der Waals surface area contributed by atoms with E-state index in [1.165, 1.54) is 5.56 Å². The van der Waals surface area contributed by atoms with Crippen LogP contribution in [0.5, 0.6) is 5.75 Å². The van der Waals surface area contributed by atoms with Crippen LogP contribution in [0.4, 0.5) is 0 Å². The van der Waals surface area contributed by atoms with Crippen LogP contribution >= 0.6 is 0 Å². The summed E-state index contributed by atoms with van der Waals surface area (Å²) in [7, 11) is 0. The molecule has 0 aliphatic heterocycles. The van der Waals surface area contributed by atoms with Crippen LogP contribution in [0.25, 0.3) is 11.1 Å². The van der Waals surface area contributed by atoms with Crippen LogP contribution in [0, 0.1) is 12.3 Å². The first-order valence-corrected chi connectivity index (χ1v) is 6.35. The third-order valence-corrected chi connectivity index (χ3v) is 2.92. The van der Waals surface area contributed by atoms with E-state index in [1.54, 1.807) is 0 Å². The van der Waals surface area contributed by atoms with E-state index in [4.69, 9.17) is 15.6 Å². The quantitative estimate of drug-likeness (QED) is 0.676. The number of aromatic nitrogens is 1. The van der Waals surface area contributed by atoms with Crippen molar-refractivity contribution in [2.45, 2.75) is 6.42 Å². The molecular formula is C17H13NO2. The molecule has 0 spiro atoms. The highest BCUT2D eigenvalue weighted by atomic mass is 16.5. The standard InChI is InChI=1S/C17H13NO2/c1-2-10-19-14-8-9-15-16(12-14)20-17(18-15)11-13-6-4-3-5-7-13/h1,3-9,12H,10-11H2. The molecule has 2 aromatic carbocycles. The van der Waals surface area contributed by atoms with Gasteiger partial charge in [0.1, 0.15) is 17.9 Å². The Hall–Kier alpha value is -2.73. The minimum Gasteiger partial charge on any atom is -0.481 e. The van der Waals surface area contributed by atoms with Crippen molar-refractivity contribution in [1.82, 2.24) is 4.98 Å². The van der Waals surface area contributed by atoms with Crippen LogP contribution in [0.2, 0.25) is 0 Å². The van der Waals surface area contributed by atoms with E-state index in [0.29, 0.717) is 23.6 Å². The number of oxazole rings is 1. The second kappa shape index (κ2) is 5.50. The Morgan fingerprint density at radius 1 is 1.15 bits per heavy atom. The fraction of sp³-hybridized carbons (Fsp3) is 0.118. The van der Waals surface area contributed by atoms with Crippen LogP contribution in [-0.4, -0.2) is 11.6 Å². The maximum absolute atomic E-state index is 5.75. The monoisotopic (exact) mass is 263 g/mol. The number of terminal acetylenes is 1. The fourth-order valence-corrected chi connectivity index (χ4v) is 2.01. The van der Waals surface area contributed by atoms with Gasteiger partial charge in [0.25, 0.3) is 0 Å². The molecular weight excluding hydrogens is 250 g/mol. The van der Waals surface area contributed by atoms with Crippen LogP contribution < -0.4 is 4.74 Å². The number of nitrogens with zero attached hydrogens (tertiary/aromatic N) is 1. The van der Waals surface area contributed by atoms with Crippen LogP contribution in [0.15, 0.2) is 52.9 Å². The number of ether oxygens (including phenoxy) is 1. The Bertz CT molecular complexity index is 754. The Morgan fingerprint density at radius 3 is 2.80 bits per heavy atom. The number of benzene rings is 2. The zero-order valence-electron chi connectivity index (χ0n) is 10.9. The first-order valence-electron chi connectivity index (χ1n) is 6.35. The van der Waals surface area contributed by atoms with Crippen molar-refractivity contribution in [3.63, 3.8) is 0 Å². The molecule has 98 valence electrons. The van der Waals surface area contributed by atoms with Crippen molar-refractivity contribution in [1.29, 1.82) is 0 Å². The van der Waals surface area contributed by atoms with Crippen molar-refractivity contribution in [2.24, 2.45) is 0 Å². The van der Waals surface area contributed by atoms with E-state index < -0.39 is 0 Å². The molecule has 0 atom stereocenters. The largest absolute Gasteiger partial charge is 0.481 e. The van der Waals surface area contributed by atoms with E-state index in [9.17, 15) is 0 Å². The van der Waals surface area contributed by atoms with Crippen LogP contribution in [0.1, 0.15) is 11.5 Å². The molecule has 0 unspecified atom stereocenters. The average Bonchev–Trinajstić information content (AvgIpc) is 2.87. The molecule has 1 aromatic heterocycles. The van der Waals surface area contributed by atoms with Crippen LogP contribution in [0.3, 0.4) is 0 Å². The zero-order valence-corrected chi connectivity index (χ0v) is 10.9. The van der Waals surface area contributed by atoms with E-state index in [-0.39, 0.29) is 6.61 Å². The number of rotatable bonds is 4. The van der Waals surface area contributed by atoms with Gasteiger partial charge in [0.2, 0.25) is 0 Å². The lowest BCUT2D eigenvalue weighted by atomic mass is 10.1. The Morgan fingerprint density at radius 2 is 2.00 bits per heavy atom. The van der Waals surface area contributed by atoms with Gasteiger partial charge in [-0.2, -0.15) is 0 Å². The molecule has 0 aliphatic rings. The molecule has 3 aromatic rings. The number of hydrogen-bond acceptors (Lipinski definition) is 3. The topological polar surface area (TPSA) is 35.3 Å². The highest BCUT2D eigenvalue weighted by Gasteiger charge is 2.07. The highest BCUT2D eigenvalue weighted by Crippen LogP contribution is 2.22. The number of hydrogen-bond donors (Lipinski definition) is 0. The van der Waals surface area contributed by atoms with Gasteiger partial charge in [-0.1, -0.05) is 36.3 Å². The number of fused-ring (bicyclic) bond motifs is 1. The predicted octanol–water partition coefficient (Wildman–Crippen LogP) is 3.43. The molecule has 0 bridgehead atoms. The fourth-order valence-electron chi connectivity index (χ4n) is 2.01. The summed E-state index contributed by atoms with van der Waals surface area (Å²) in [5.74, 6) is 3.82. The normalized spacial score (nSPS) is 10.3. The summed E-state index contributed by atoms with van der Waals surface area (Å²) in [4.78, 5) is 4.47. The summed E-state index contributed by atoms with van der Waals surface area (Å²) in [6, 6.07) is 15.6. The maximum Gasteiger partial charge on any atom is 0.199 e. The third-order valence-electron chi connectivity index (χ3n) is 2.92. The maximum atomic E-state index is 5.75. The second-order valence-corrected chi connectivity index (χ2v) is 4.39. The molecule has 3 heteroatoms. The molecule has 0 fully saturated rings. The Labute approximate surface area is 117 Å². The lowest BCUT2D eigenvalue weighted by Gasteiger charge is -1.99. The molecule has 0 radical (unpaired) electrons. The van der Waals surface area contributed by atoms with Gasteiger partial charge < -0.3 is 9.15 Å². The second-order valence-electron chi connectivity index (χ2n) is 4.39. The van der Waals surface area contributed by atoms with Gasteiger partial charge in [0, 0.05) is 12.5 Å². The van der Waals surface area contributed by atoms with Gasteiger partial charge in [0.05, 0.1) is 0 Å². The lowest BCUT2D eigenvalue weighted by Crippen LogP contribution is -1.92. The molecule has 0 aliphatic carbocycles. The first kappa shape index (κ1) is 12.3. The molecule has 20 heavy (non-hydrogen) atoms. The van der Waals surface area contributed by atoms with Crippen molar-refractivity contribution in [2.75, 3.05) is 6.61 Å². The van der Waals surface area contributed by atoms with Gasteiger partial charge in [-0.05, 0) is 17.7 Å². The van der Waals surface area contributed by atoms with Gasteiger partial charge >= 0.3 is 0 Å². The SMILES string of the molecule is C#CCOc1ccc2nc(Cc3ccccc3)oc2c1. The van der Waals surface area contributed by atoms with Crippen molar-refractivity contribution < 1.29 is 9.15 Å². The summed E-state index contributed by atoms with van der Waals surface area (Å²) >= 11 is 0.